The van der Waals surface area contributed by atoms with Gasteiger partial charge in [0.2, 0.25) is 5.91 Å². The van der Waals surface area contributed by atoms with E-state index >= 15 is 0 Å². The summed E-state index contributed by atoms with van der Waals surface area (Å²) in [4.78, 5) is 32.8. The Morgan fingerprint density at radius 1 is 1.33 bits per heavy atom. The number of pyridine rings is 2. The molecule has 9 nitrogen and oxygen atoms in total. The number of carbonyl (C=O) groups is 2. The summed E-state index contributed by atoms with van der Waals surface area (Å²) in [5, 5.41) is 2.87. The molecule has 1 unspecified atom stereocenters. The summed E-state index contributed by atoms with van der Waals surface area (Å²) >= 11 is 0. The van der Waals surface area contributed by atoms with E-state index in [9.17, 15) is 14.0 Å². The lowest BCUT2D eigenvalue weighted by molar-refractivity contribution is -0.119. The van der Waals surface area contributed by atoms with Crippen LogP contribution < -0.4 is 26.4 Å². The van der Waals surface area contributed by atoms with E-state index in [1.165, 1.54) is 31.5 Å². The average molecular weight is 376 g/mol. The molecular weight excluding hydrogens is 355 g/mol. The highest BCUT2D eigenvalue weighted by Gasteiger charge is 2.25. The molecule has 2 rings (SSSR count). The molecule has 0 saturated carbocycles. The molecular formula is C17H21FN6O3. The van der Waals surface area contributed by atoms with Gasteiger partial charge in [0, 0.05) is 13.1 Å². The highest BCUT2D eigenvalue weighted by atomic mass is 19.1. The zero-order valence-electron chi connectivity index (χ0n) is 15.2. The number of methoxy groups -OCH3 is 1. The fourth-order valence-electron chi connectivity index (χ4n) is 2.56. The molecule has 5 N–H and O–H groups in total. The Labute approximate surface area is 155 Å². The summed E-state index contributed by atoms with van der Waals surface area (Å²) < 4.78 is 19.6. The van der Waals surface area contributed by atoms with Gasteiger partial charge < -0.3 is 26.4 Å². The van der Waals surface area contributed by atoms with E-state index < -0.39 is 23.7 Å². The molecule has 0 aliphatic carbocycles. The van der Waals surface area contributed by atoms with Crippen LogP contribution in [0.15, 0.2) is 24.5 Å². The van der Waals surface area contributed by atoms with Crippen LogP contribution >= 0.6 is 0 Å². The molecule has 2 aromatic heterocycles. The molecule has 0 spiro atoms. The number of anilines is 3. The van der Waals surface area contributed by atoms with Gasteiger partial charge in [-0.1, -0.05) is 6.92 Å². The van der Waals surface area contributed by atoms with Crippen LogP contribution in [0.4, 0.5) is 21.7 Å². The summed E-state index contributed by atoms with van der Waals surface area (Å²) in [6.45, 7) is 1.74. The molecule has 1 atom stereocenters. The molecule has 0 aliphatic heterocycles. The maximum absolute atomic E-state index is 14.5. The number of nitrogens with two attached hydrogens (primary N) is 2. The summed E-state index contributed by atoms with van der Waals surface area (Å²) in [6, 6.07) is 1.81. The van der Waals surface area contributed by atoms with Gasteiger partial charge in [-0.3, -0.25) is 14.6 Å². The first-order valence-corrected chi connectivity index (χ1v) is 8.07. The molecule has 2 amide bonds. The number of halogens is 1. The zero-order chi connectivity index (χ0) is 20.1. The van der Waals surface area contributed by atoms with Crippen molar-refractivity contribution in [2.45, 2.75) is 19.4 Å². The molecule has 0 saturated heterocycles. The first kappa shape index (κ1) is 19.9. The summed E-state index contributed by atoms with van der Waals surface area (Å²) in [6.07, 6.45) is 3.32. The number of primary amides is 2. The molecule has 0 aliphatic rings. The Morgan fingerprint density at radius 2 is 2.04 bits per heavy atom. The minimum Gasteiger partial charge on any atom is -0.495 e. The minimum absolute atomic E-state index is 0.0140. The number of rotatable bonds is 8. The quantitative estimate of drug-likeness (QED) is 0.629. The zero-order valence-corrected chi connectivity index (χ0v) is 15.2. The van der Waals surface area contributed by atoms with Gasteiger partial charge in [-0.15, -0.1) is 0 Å². The normalized spacial score (nSPS) is 11.6. The van der Waals surface area contributed by atoms with Crippen molar-refractivity contribution in [2.24, 2.45) is 11.5 Å². The fourth-order valence-corrected chi connectivity index (χ4v) is 2.56. The second-order valence-corrected chi connectivity index (χ2v) is 5.73. The van der Waals surface area contributed by atoms with Crippen LogP contribution in [0.1, 0.15) is 23.7 Å². The van der Waals surface area contributed by atoms with Crippen molar-refractivity contribution in [2.75, 3.05) is 24.4 Å². The fraction of sp³-hybridized carbons (Fsp3) is 0.294. The smallest absolute Gasteiger partial charge is 0.252 e. The van der Waals surface area contributed by atoms with Crippen molar-refractivity contribution >= 4 is 29.1 Å². The lowest BCUT2D eigenvalue weighted by atomic mass is 10.1. The Hall–Kier alpha value is -3.43. The Morgan fingerprint density at radius 3 is 2.59 bits per heavy atom. The van der Waals surface area contributed by atoms with E-state index in [4.69, 9.17) is 16.2 Å². The van der Waals surface area contributed by atoms with Gasteiger partial charge in [-0.05, 0) is 12.5 Å². The molecule has 144 valence electrons. The Bertz CT molecular complexity index is 861. The molecule has 2 aromatic rings. The number of amides is 2. The number of ether oxygens (including phenoxy) is 1. The van der Waals surface area contributed by atoms with Gasteiger partial charge in [0.1, 0.15) is 17.6 Å². The van der Waals surface area contributed by atoms with Crippen molar-refractivity contribution in [3.63, 3.8) is 0 Å². The van der Waals surface area contributed by atoms with E-state index in [1.54, 1.807) is 13.0 Å². The topological polar surface area (TPSA) is 136 Å². The van der Waals surface area contributed by atoms with E-state index in [1.807, 2.05) is 0 Å². The predicted octanol–water partition coefficient (Wildman–Crippen LogP) is 1.17. The first-order valence-electron chi connectivity index (χ1n) is 8.07. The van der Waals surface area contributed by atoms with E-state index in [0.717, 1.165) is 6.07 Å². The van der Waals surface area contributed by atoms with Crippen molar-refractivity contribution in [1.82, 2.24) is 9.97 Å². The van der Waals surface area contributed by atoms with Gasteiger partial charge in [-0.2, -0.15) is 0 Å². The third-order valence-corrected chi connectivity index (χ3v) is 3.95. The van der Waals surface area contributed by atoms with Crippen LogP contribution in [0.25, 0.3) is 0 Å². The van der Waals surface area contributed by atoms with Gasteiger partial charge in [0.25, 0.3) is 5.91 Å². The molecule has 0 fully saturated rings. The molecule has 27 heavy (non-hydrogen) atoms. The van der Waals surface area contributed by atoms with E-state index in [0.29, 0.717) is 17.9 Å². The van der Waals surface area contributed by atoms with Gasteiger partial charge in [-0.25, -0.2) is 9.37 Å². The third-order valence-electron chi connectivity index (χ3n) is 3.95. The standard InChI is InChI=1S/C17H21FN6O3/c1-4-13(15(20)26)24(2)17-12(18)6-11(14(19)25)16(23-17)22-9-5-10(27-3)8-21-7-9/h5-8,13H,4H2,1-3H3,(H2,19,25)(H2,20,26)(H,22,23). The van der Waals surface area contributed by atoms with Crippen LogP contribution in [-0.2, 0) is 4.79 Å². The Balaban J connectivity index is 2.51. The molecule has 10 heteroatoms. The summed E-state index contributed by atoms with van der Waals surface area (Å²) in [5.74, 6) is -1.95. The third kappa shape index (κ3) is 4.40. The van der Waals surface area contributed by atoms with E-state index in [2.05, 4.69) is 15.3 Å². The van der Waals surface area contributed by atoms with Crippen molar-refractivity contribution < 1.29 is 18.7 Å². The number of aromatic nitrogens is 2. The first-order chi connectivity index (χ1) is 12.8. The number of nitrogens with one attached hydrogen (secondary N) is 1. The number of hydrogen-bond acceptors (Lipinski definition) is 7. The summed E-state index contributed by atoms with van der Waals surface area (Å²) in [5.41, 5.74) is 11.0. The maximum atomic E-state index is 14.5. The number of carbonyl (C=O) groups excluding carboxylic acids is 2. The predicted molar refractivity (Wildman–Crippen MR) is 98.5 cm³/mol. The van der Waals surface area contributed by atoms with E-state index in [-0.39, 0.29) is 17.2 Å². The SMILES string of the molecule is CCC(C(N)=O)N(C)c1nc(Nc2cncc(OC)c2)c(C(N)=O)cc1F. The van der Waals surface area contributed by atoms with Gasteiger partial charge in [0.15, 0.2) is 11.6 Å². The van der Waals surface area contributed by atoms with Crippen molar-refractivity contribution in [1.29, 1.82) is 0 Å². The summed E-state index contributed by atoms with van der Waals surface area (Å²) in [7, 11) is 2.97. The molecule has 2 heterocycles. The monoisotopic (exact) mass is 376 g/mol. The molecule has 0 bridgehead atoms. The van der Waals surface area contributed by atoms with Crippen LogP contribution in [0.5, 0.6) is 5.75 Å². The van der Waals surface area contributed by atoms with Crippen molar-refractivity contribution in [3.8, 4) is 5.75 Å². The van der Waals surface area contributed by atoms with Crippen LogP contribution in [-0.4, -0.2) is 42.0 Å². The second-order valence-electron chi connectivity index (χ2n) is 5.73. The minimum atomic E-state index is -0.865. The molecule has 0 radical (unpaired) electrons. The van der Waals surface area contributed by atoms with Gasteiger partial charge in [0.05, 0.1) is 30.8 Å². The van der Waals surface area contributed by atoms with Crippen molar-refractivity contribution in [3.05, 3.63) is 35.9 Å². The Kier molecular flexibility index (Phi) is 6.11. The van der Waals surface area contributed by atoms with Gasteiger partial charge >= 0.3 is 0 Å². The molecule has 0 aromatic carbocycles. The highest BCUT2D eigenvalue weighted by Crippen LogP contribution is 2.27. The number of nitrogens with zero attached hydrogens (tertiary/aromatic N) is 3. The lowest BCUT2D eigenvalue weighted by Crippen LogP contribution is -2.43. The lowest BCUT2D eigenvalue weighted by Gasteiger charge is -2.26. The number of likely N-dealkylation sites (N-methyl/N-ethyl adjacent to an activating group) is 1. The number of hydrogen-bond donors (Lipinski definition) is 3. The second kappa shape index (κ2) is 8.30. The van der Waals surface area contributed by atoms with Crippen LogP contribution in [0, 0.1) is 5.82 Å². The largest absolute Gasteiger partial charge is 0.495 e. The van der Waals surface area contributed by atoms with Crippen LogP contribution in [0.3, 0.4) is 0 Å². The maximum Gasteiger partial charge on any atom is 0.252 e. The average Bonchev–Trinajstić information content (AvgIpc) is 2.63. The van der Waals surface area contributed by atoms with Crippen LogP contribution in [0.2, 0.25) is 0 Å². The highest BCUT2D eigenvalue weighted by molar-refractivity contribution is 5.98.